The zero-order valence-electron chi connectivity index (χ0n) is 18.0. The smallest absolute Gasteiger partial charge is 0.251 e. The van der Waals surface area contributed by atoms with Gasteiger partial charge in [-0.3, -0.25) is 4.79 Å². The average Bonchev–Trinajstić information content (AvgIpc) is 3.44. The van der Waals surface area contributed by atoms with Crippen molar-refractivity contribution in [1.29, 1.82) is 5.41 Å². The number of pyridine rings is 1. The van der Waals surface area contributed by atoms with Crippen molar-refractivity contribution in [3.63, 3.8) is 0 Å². The van der Waals surface area contributed by atoms with Crippen molar-refractivity contribution in [2.45, 2.75) is 0 Å². The summed E-state index contributed by atoms with van der Waals surface area (Å²) in [6.07, 6.45) is 6.74. The molecule has 0 aliphatic carbocycles. The van der Waals surface area contributed by atoms with Crippen LogP contribution in [0.25, 0.3) is 17.1 Å². The first-order valence-electron chi connectivity index (χ1n) is 10.3. The van der Waals surface area contributed by atoms with Gasteiger partial charge in [-0.05, 0) is 59.9 Å². The van der Waals surface area contributed by atoms with Crippen molar-refractivity contribution in [1.82, 2.24) is 24.8 Å². The lowest BCUT2D eigenvalue weighted by Crippen LogP contribution is -2.26. The van der Waals surface area contributed by atoms with E-state index < -0.39 is 0 Å². The Hall–Kier alpha value is -4.48. The van der Waals surface area contributed by atoms with Gasteiger partial charge in [0, 0.05) is 30.7 Å². The molecule has 0 aliphatic rings. The number of aromatic amines is 1. The topological polar surface area (TPSA) is 120 Å². The maximum atomic E-state index is 11.9. The molecular weight excluding hydrogens is 416 g/mol. The third kappa shape index (κ3) is 5.06. The summed E-state index contributed by atoms with van der Waals surface area (Å²) >= 11 is 0. The Morgan fingerprint density at radius 3 is 2.76 bits per heavy atom. The summed E-state index contributed by atoms with van der Waals surface area (Å²) in [7, 11) is 1.93. The fourth-order valence-electron chi connectivity index (χ4n) is 3.23. The Labute approximate surface area is 190 Å². The lowest BCUT2D eigenvalue weighted by molar-refractivity contribution is 0.0945. The van der Waals surface area contributed by atoms with Crippen molar-refractivity contribution in [2.75, 3.05) is 13.2 Å². The quantitative estimate of drug-likeness (QED) is 0.273. The average molecular weight is 438 g/mol. The minimum atomic E-state index is -0.262. The van der Waals surface area contributed by atoms with Crippen LogP contribution in [-0.2, 0) is 7.05 Å². The van der Waals surface area contributed by atoms with Crippen LogP contribution in [0.5, 0.6) is 0 Å². The number of nitrogens with one attached hydrogen (secondary N) is 3. The van der Waals surface area contributed by atoms with E-state index >= 15 is 0 Å². The molecule has 0 bridgehead atoms. The lowest BCUT2D eigenvalue weighted by atomic mass is 10.1. The molecule has 33 heavy (non-hydrogen) atoms. The minimum Gasteiger partial charge on any atom is -0.395 e. The molecule has 4 N–H and O–H groups in total. The molecule has 164 valence electrons. The summed E-state index contributed by atoms with van der Waals surface area (Å²) in [6.45, 7) is 0.0911. The molecule has 1 amide bonds. The summed E-state index contributed by atoms with van der Waals surface area (Å²) in [5.41, 5.74) is 3.82. The number of aryl methyl sites for hydroxylation is 1. The van der Waals surface area contributed by atoms with Crippen molar-refractivity contribution >= 4 is 28.7 Å². The molecule has 4 rings (SSSR count). The molecule has 1 aromatic carbocycles. The number of H-pyrrole nitrogens is 1. The Balaban J connectivity index is 1.42. The number of fused-ring (bicyclic) bond motifs is 1. The summed E-state index contributed by atoms with van der Waals surface area (Å²) in [5.74, 6) is 6.54. The number of nitrogens with zero attached hydrogens (tertiary/aromatic N) is 3. The molecular formula is C25H22N6O2. The highest BCUT2D eigenvalue weighted by Gasteiger charge is 2.06. The maximum absolute atomic E-state index is 11.9. The SMILES string of the molecule is Cn1c(C#Cc2cnc(/C=C\C(=N)c3ccc(C(=O)NCCO)cc3)[nH]2)cc2cccnc21. The van der Waals surface area contributed by atoms with Crippen LogP contribution < -0.4 is 5.32 Å². The van der Waals surface area contributed by atoms with E-state index in [1.807, 2.05) is 29.8 Å². The summed E-state index contributed by atoms with van der Waals surface area (Å²) in [6, 6.07) is 12.6. The van der Waals surface area contributed by atoms with Crippen LogP contribution in [0.15, 0.2) is 60.9 Å². The standard InChI is InChI=1S/C25H22N6O2/c1-31-21(15-19-3-2-12-27-24(19)31)9-8-20-16-29-23(30-20)11-10-22(26)17-4-6-18(7-5-17)25(33)28-13-14-32/h2-7,10-12,15-16,26,32H,13-14H2,1H3,(H,28,33)(H,29,30)/b11-10-,26-22?. The van der Waals surface area contributed by atoms with Crippen LogP contribution in [0, 0.1) is 17.3 Å². The first kappa shape index (κ1) is 21.7. The van der Waals surface area contributed by atoms with Gasteiger partial charge in [0.05, 0.1) is 24.2 Å². The Kier molecular flexibility index (Phi) is 6.43. The molecule has 0 unspecified atom stereocenters. The monoisotopic (exact) mass is 438 g/mol. The molecule has 0 fully saturated rings. The van der Waals surface area contributed by atoms with Gasteiger partial charge in [-0.15, -0.1) is 0 Å². The Morgan fingerprint density at radius 1 is 1.21 bits per heavy atom. The molecule has 3 aromatic heterocycles. The number of amides is 1. The van der Waals surface area contributed by atoms with Gasteiger partial charge in [0.25, 0.3) is 5.91 Å². The van der Waals surface area contributed by atoms with E-state index in [4.69, 9.17) is 10.5 Å². The van der Waals surface area contributed by atoms with E-state index in [1.54, 1.807) is 48.8 Å². The normalized spacial score (nSPS) is 10.8. The van der Waals surface area contributed by atoms with E-state index in [0.29, 0.717) is 22.6 Å². The molecule has 4 aromatic rings. The number of allylic oxidation sites excluding steroid dienone is 1. The third-order valence-corrected chi connectivity index (χ3v) is 4.97. The van der Waals surface area contributed by atoms with Gasteiger partial charge in [-0.1, -0.05) is 12.1 Å². The van der Waals surface area contributed by atoms with Gasteiger partial charge in [0.2, 0.25) is 0 Å². The molecule has 3 heterocycles. The molecule has 0 atom stereocenters. The van der Waals surface area contributed by atoms with Gasteiger partial charge in [-0.2, -0.15) is 0 Å². The number of benzene rings is 1. The number of aliphatic hydroxyl groups excluding tert-OH is 1. The zero-order chi connectivity index (χ0) is 23.2. The number of imidazole rings is 1. The number of carbonyl (C=O) groups is 1. The third-order valence-electron chi connectivity index (χ3n) is 4.97. The number of hydrogen-bond acceptors (Lipinski definition) is 5. The van der Waals surface area contributed by atoms with Crippen LogP contribution in [0.2, 0.25) is 0 Å². The van der Waals surface area contributed by atoms with E-state index in [1.165, 1.54) is 0 Å². The van der Waals surface area contributed by atoms with Crippen molar-refractivity contribution in [2.24, 2.45) is 7.05 Å². The summed E-state index contributed by atoms with van der Waals surface area (Å²) < 4.78 is 1.95. The summed E-state index contributed by atoms with van der Waals surface area (Å²) in [4.78, 5) is 23.7. The second-order valence-electron chi connectivity index (χ2n) is 7.24. The number of aromatic nitrogens is 4. The number of hydrogen-bond donors (Lipinski definition) is 4. The second kappa shape index (κ2) is 9.77. The molecule has 0 saturated carbocycles. The van der Waals surface area contributed by atoms with E-state index in [9.17, 15) is 4.79 Å². The van der Waals surface area contributed by atoms with Gasteiger partial charge in [0.15, 0.2) is 0 Å². The fourth-order valence-corrected chi connectivity index (χ4v) is 3.23. The van der Waals surface area contributed by atoms with Gasteiger partial charge < -0.3 is 25.4 Å². The summed E-state index contributed by atoms with van der Waals surface area (Å²) in [5, 5.41) is 20.7. The van der Waals surface area contributed by atoms with Crippen molar-refractivity contribution < 1.29 is 9.90 Å². The Morgan fingerprint density at radius 2 is 2.00 bits per heavy atom. The molecule has 0 aliphatic heterocycles. The van der Waals surface area contributed by atoms with Gasteiger partial charge in [0.1, 0.15) is 17.2 Å². The van der Waals surface area contributed by atoms with Crippen LogP contribution in [0.3, 0.4) is 0 Å². The second-order valence-corrected chi connectivity index (χ2v) is 7.24. The van der Waals surface area contributed by atoms with E-state index in [2.05, 4.69) is 32.1 Å². The molecule has 8 nitrogen and oxygen atoms in total. The van der Waals surface area contributed by atoms with Crippen LogP contribution in [0.4, 0.5) is 0 Å². The first-order chi connectivity index (χ1) is 16.0. The predicted molar refractivity (Wildman–Crippen MR) is 127 cm³/mol. The largest absolute Gasteiger partial charge is 0.395 e. The highest BCUT2D eigenvalue weighted by atomic mass is 16.3. The highest BCUT2D eigenvalue weighted by Crippen LogP contribution is 2.15. The molecule has 0 radical (unpaired) electrons. The van der Waals surface area contributed by atoms with Gasteiger partial charge >= 0.3 is 0 Å². The van der Waals surface area contributed by atoms with Crippen molar-refractivity contribution in [3.8, 4) is 11.8 Å². The minimum absolute atomic E-state index is 0.111. The van der Waals surface area contributed by atoms with E-state index in [-0.39, 0.29) is 24.8 Å². The highest BCUT2D eigenvalue weighted by molar-refractivity contribution is 6.09. The first-order valence-corrected chi connectivity index (χ1v) is 10.3. The molecule has 8 heteroatoms. The van der Waals surface area contributed by atoms with Crippen molar-refractivity contribution in [3.05, 3.63) is 89.3 Å². The number of carbonyl (C=O) groups excluding carboxylic acids is 1. The van der Waals surface area contributed by atoms with Gasteiger partial charge in [-0.25, -0.2) is 9.97 Å². The molecule has 0 spiro atoms. The van der Waals surface area contributed by atoms with Crippen LogP contribution >= 0.6 is 0 Å². The van der Waals surface area contributed by atoms with Crippen LogP contribution in [-0.4, -0.2) is 49.4 Å². The molecule has 0 saturated heterocycles. The Bertz CT molecular complexity index is 1400. The van der Waals surface area contributed by atoms with Crippen LogP contribution in [0.1, 0.15) is 33.1 Å². The number of aliphatic hydroxyl groups is 1. The lowest BCUT2D eigenvalue weighted by Gasteiger charge is -2.04. The predicted octanol–water partition coefficient (Wildman–Crippen LogP) is 2.50. The number of rotatable bonds is 6. The fraction of sp³-hybridized carbons (Fsp3) is 0.120. The van der Waals surface area contributed by atoms with E-state index in [0.717, 1.165) is 16.7 Å². The maximum Gasteiger partial charge on any atom is 0.251 e. The zero-order valence-corrected chi connectivity index (χ0v) is 18.0.